The van der Waals surface area contributed by atoms with Crippen molar-refractivity contribution in [3.63, 3.8) is 0 Å². The van der Waals surface area contributed by atoms with Gasteiger partial charge in [0.1, 0.15) is 6.61 Å². The smallest absolute Gasteiger partial charge is 0.248 e. The number of ether oxygens (including phenoxy) is 1. The molecule has 2 aliphatic heterocycles. The van der Waals surface area contributed by atoms with Gasteiger partial charge in [-0.1, -0.05) is 0 Å². The Bertz CT molecular complexity index is 415. The molecule has 110 valence electrons. The molecular weight excluding hydrogens is 268 g/mol. The Hall–Kier alpha value is -0.660. The SMILES string of the molecule is COCC(=O)N1CCC(NC2CCS(=O)(=O)C2)CC1. The van der Waals surface area contributed by atoms with Crippen molar-refractivity contribution in [1.29, 1.82) is 0 Å². The Kier molecular flexibility index (Phi) is 4.81. The quantitative estimate of drug-likeness (QED) is 0.748. The Balaban J connectivity index is 1.73. The first-order valence-corrected chi connectivity index (χ1v) is 8.55. The largest absolute Gasteiger partial charge is 0.375 e. The van der Waals surface area contributed by atoms with Crippen molar-refractivity contribution in [2.24, 2.45) is 0 Å². The van der Waals surface area contributed by atoms with Crippen LogP contribution in [0.4, 0.5) is 0 Å². The van der Waals surface area contributed by atoms with E-state index in [0.29, 0.717) is 18.2 Å². The molecule has 0 bridgehead atoms. The molecule has 1 N–H and O–H groups in total. The number of methoxy groups -OCH3 is 1. The standard InChI is InChI=1S/C12H22N2O4S/c1-18-8-12(15)14-5-2-10(3-6-14)13-11-4-7-19(16,17)9-11/h10-11,13H,2-9H2,1H3. The van der Waals surface area contributed by atoms with Crippen molar-refractivity contribution in [2.45, 2.75) is 31.3 Å². The van der Waals surface area contributed by atoms with Gasteiger partial charge in [0.2, 0.25) is 5.91 Å². The molecule has 7 heteroatoms. The van der Waals surface area contributed by atoms with E-state index in [9.17, 15) is 13.2 Å². The molecular formula is C12H22N2O4S. The summed E-state index contributed by atoms with van der Waals surface area (Å²) in [6.07, 6.45) is 2.48. The Morgan fingerprint density at radius 3 is 2.47 bits per heavy atom. The average Bonchev–Trinajstić information content (AvgIpc) is 2.70. The van der Waals surface area contributed by atoms with E-state index in [-0.39, 0.29) is 24.3 Å². The van der Waals surface area contributed by atoms with Gasteiger partial charge in [0.15, 0.2) is 9.84 Å². The van der Waals surface area contributed by atoms with Crippen LogP contribution in [0.5, 0.6) is 0 Å². The van der Waals surface area contributed by atoms with Crippen molar-refractivity contribution in [3.8, 4) is 0 Å². The molecule has 0 aromatic rings. The zero-order valence-electron chi connectivity index (χ0n) is 11.3. The number of piperidine rings is 1. The number of amides is 1. The minimum atomic E-state index is -2.82. The molecule has 2 heterocycles. The summed E-state index contributed by atoms with van der Waals surface area (Å²) in [6.45, 7) is 1.58. The predicted molar refractivity (Wildman–Crippen MR) is 71.7 cm³/mol. The van der Waals surface area contributed by atoms with Gasteiger partial charge in [-0.25, -0.2) is 8.42 Å². The van der Waals surface area contributed by atoms with E-state index >= 15 is 0 Å². The van der Waals surface area contributed by atoms with Gasteiger partial charge in [0, 0.05) is 32.3 Å². The fraction of sp³-hybridized carbons (Fsp3) is 0.917. The first-order chi connectivity index (χ1) is 9.00. The number of hydrogen-bond donors (Lipinski definition) is 1. The summed E-state index contributed by atoms with van der Waals surface area (Å²) in [4.78, 5) is 13.4. The third-order valence-electron chi connectivity index (χ3n) is 3.82. The van der Waals surface area contributed by atoms with E-state index in [1.807, 2.05) is 4.90 Å². The minimum Gasteiger partial charge on any atom is -0.375 e. The van der Waals surface area contributed by atoms with Gasteiger partial charge >= 0.3 is 0 Å². The highest BCUT2D eigenvalue weighted by Gasteiger charge is 2.31. The van der Waals surface area contributed by atoms with Gasteiger partial charge in [-0.2, -0.15) is 0 Å². The topological polar surface area (TPSA) is 75.7 Å². The van der Waals surface area contributed by atoms with Crippen molar-refractivity contribution in [2.75, 3.05) is 38.3 Å². The molecule has 0 saturated carbocycles. The second-order valence-electron chi connectivity index (χ2n) is 5.35. The number of hydrogen-bond acceptors (Lipinski definition) is 5. The van der Waals surface area contributed by atoms with Crippen LogP contribution in [0.3, 0.4) is 0 Å². The zero-order valence-corrected chi connectivity index (χ0v) is 12.1. The van der Waals surface area contributed by atoms with Gasteiger partial charge in [-0.05, 0) is 19.3 Å². The molecule has 0 aromatic heterocycles. The molecule has 1 unspecified atom stereocenters. The molecule has 19 heavy (non-hydrogen) atoms. The number of carbonyl (C=O) groups is 1. The van der Waals surface area contributed by atoms with Crippen LogP contribution in [0, 0.1) is 0 Å². The Morgan fingerprint density at radius 1 is 1.26 bits per heavy atom. The molecule has 6 nitrogen and oxygen atoms in total. The van der Waals surface area contributed by atoms with Crippen LogP contribution in [-0.2, 0) is 19.4 Å². The summed E-state index contributed by atoms with van der Waals surface area (Å²) >= 11 is 0. The lowest BCUT2D eigenvalue weighted by molar-refractivity contribution is -0.136. The third-order valence-corrected chi connectivity index (χ3v) is 5.59. The number of nitrogens with one attached hydrogen (secondary N) is 1. The van der Waals surface area contributed by atoms with Crippen LogP contribution in [0.1, 0.15) is 19.3 Å². The van der Waals surface area contributed by atoms with Crippen molar-refractivity contribution < 1.29 is 17.9 Å². The average molecular weight is 290 g/mol. The maximum Gasteiger partial charge on any atom is 0.248 e. The van der Waals surface area contributed by atoms with E-state index in [2.05, 4.69) is 5.32 Å². The molecule has 2 rings (SSSR count). The molecule has 1 atom stereocenters. The molecule has 0 spiro atoms. The molecule has 0 radical (unpaired) electrons. The van der Waals surface area contributed by atoms with Crippen molar-refractivity contribution in [1.82, 2.24) is 10.2 Å². The van der Waals surface area contributed by atoms with E-state index in [1.165, 1.54) is 7.11 Å². The highest BCUT2D eigenvalue weighted by molar-refractivity contribution is 7.91. The van der Waals surface area contributed by atoms with Crippen LogP contribution in [0.25, 0.3) is 0 Å². The molecule has 2 saturated heterocycles. The zero-order chi connectivity index (χ0) is 13.9. The van der Waals surface area contributed by atoms with Gasteiger partial charge in [-0.3, -0.25) is 4.79 Å². The summed E-state index contributed by atoms with van der Waals surface area (Å²) < 4.78 is 27.6. The van der Waals surface area contributed by atoms with Crippen LogP contribution in [0.2, 0.25) is 0 Å². The maximum atomic E-state index is 11.6. The van der Waals surface area contributed by atoms with Crippen LogP contribution in [-0.4, -0.2) is 69.6 Å². The number of rotatable bonds is 4. The van der Waals surface area contributed by atoms with Gasteiger partial charge < -0.3 is 15.0 Å². The Morgan fingerprint density at radius 2 is 1.95 bits per heavy atom. The van der Waals surface area contributed by atoms with Crippen LogP contribution in [0.15, 0.2) is 0 Å². The number of nitrogens with zero attached hydrogens (tertiary/aromatic N) is 1. The second kappa shape index (κ2) is 6.19. The summed E-state index contributed by atoms with van der Waals surface area (Å²) in [5.74, 6) is 0.593. The summed E-state index contributed by atoms with van der Waals surface area (Å²) in [7, 11) is -1.30. The fourth-order valence-electron chi connectivity index (χ4n) is 2.77. The second-order valence-corrected chi connectivity index (χ2v) is 7.58. The molecule has 0 aliphatic carbocycles. The third kappa shape index (κ3) is 4.15. The maximum absolute atomic E-state index is 11.6. The summed E-state index contributed by atoms with van der Waals surface area (Å²) in [6, 6.07) is 0.418. The normalized spacial score (nSPS) is 27.6. The lowest BCUT2D eigenvalue weighted by Gasteiger charge is -2.33. The number of likely N-dealkylation sites (tertiary alicyclic amines) is 1. The van der Waals surface area contributed by atoms with E-state index in [0.717, 1.165) is 25.9 Å². The van der Waals surface area contributed by atoms with Crippen molar-refractivity contribution >= 4 is 15.7 Å². The lowest BCUT2D eigenvalue weighted by Crippen LogP contribution is -2.48. The molecule has 2 fully saturated rings. The molecule has 2 aliphatic rings. The van der Waals surface area contributed by atoms with Gasteiger partial charge in [-0.15, -0.1) is 0 Å². The monoisotopic (exact) mass is 290 g/mol. The lowest BCUT2D eigenvalue weighted by atomic mass is 10.0. The van der Waals surface area contributed by atoms with Crippen LogP contribution < -0.4 is 5.32 Å². The van der Waals surface area contributed by atoms with E-state index < -0.39 is 9.84 Å². The molecule has 0 aromatic carbocycles. The molecule has 1 amide bonds. The van der Waals surface area contributed by atoms with E-state index in [4.69, 9.17) is 4.74 Å². The Labute approximate surface area is 114 Å². The van der Waals surface area contributed by atoms with E-state index in [1.54, 1.807) is 0 Å². The highest BCUT2D eigenvalue weighted by Crippen LogP contribution is 2.16. The first kappa shape index (κ1) is 14.7. The number of carbonyl (C=O) groups excluding carboxylic acids is 1. The fourth-order valence-corrected chi connectivity index (χ4v) is 4.46. The van der Waals surface area contributed by atoms with Gasteiger partial charge in [0.05, 0.1) is 11.5 Å². The first-order valence-electron chi connectivity index (χ1n) is 6.73. The highest BCUT2D eigenvalue weighted by atomic mass is 32.2. The number of sulfone groups is 1. The summed E-state index contributed by atoms with van der Waals surface area (Å²) in [5, 5.41) is 3.42. The van der Waals surface area contributed by atoms with Crippen LogP contribution >= 0.6 is 0 Å². The summed E-state index contributed by atoms with van der Waals surface area (Å²) in [5.41, 5.74) is 0. The van der Waals surface area contributed by atoms with Crippen molar-refractivity contribution in [3.05, 3.63) is 0 Å². The predicted octanol–water partition coefficient (Wildman–Crippen LogP) is -0.599. The minimum absolute atomic E-state index is 0.0318. The van der Waals surface area contributed by atoms with Gasteiger partial charge in [0.25, 0.3) is 0 Å².